The summed E-state index contributed by atoms with van der Waals surface area (Å²) in [6.45, 7) is 2.59. The Labute approximate surface area is 148 Å². The Morgan fingerprint density at radius 2 is 1.92 bits per heavy atom. The van der Waals surface area contributed by atoms with E-state index in [1.165, 1.54) is 31.5 Å². The van der Waals surface area contributed by atoms with Crippen LogP contribution < -0.4 is 14.5 Å². The van der Waals surface area contributed by atoms with Crippen molar-refractivity contribution in [2.24, 2.45) is 0 Å². The quantitative estimate of drug-likeness (QED) is 0.611. The highest BCUT2D eigenvalue weighted by molar-refractivity contribution is 6.33. The van der Waals surface area contributed by atoms with Gasteiger partial charge in [0, 0.05) is 38.3 Å². The SMILES string of the molecule is COc1cc(F)ccc1N1CCN(c2ncc([N+](=O)[O-])cc2Cl)CC1. The van der Waals surface area contributed by atoms with E-state index in [-0.39, 0.29) is 16.5 Å². The molecule has 1 aliphatic heterocycles. The smallest absolute Gasteiger partial charge is 0.289 e. The van der Waals surface area contributed by atoms with Gasteiger partial charge in [0.1, 0.15) is 23.6 Å². The van der Waals surface area contributed by atoms with Gasteiger partial charge in [0.05, 0.1) is 22.7 Å². The molecule has 0 saturated carbocycles. The third-order valence-corrected chi connectivity index (χ3v) is 4.36. The fraction of sp³-hybridized carbons (Fsp3) is 0.312. The molecule has 25 heavy (non-hydrogen) atoms. The topological polar surface area (TPSA) is 71.7 Å². The minimum atomic E-state index is -0.526. The summed E-state index contributed by atoms with van der Waals surface area (Å²) in [5.74, 6) is 0.666. The van der Waals surface area contributed by atoms with Crippen LogP contribution in [0.1, 0.15) is 0 Å². The Hall–Kier alpha value is -2.61. The highest BCUT2D eigenvalue weighted by Gasteiger charge is 2.23. The molecular weight excluding hydrogens is 351 g/mol. The van der Waals surface area contributed by atoms with Crippen LogP contribution in [0, 0.1) is 15.9 Å². The van der Waals surface area contributed by atoms with Crippen LogP contribution in [0.4, 0.5) is 21.6 Å². The molecule has 1 aromatic heterocycles. The number of piperazine rings is 1. The minimum absolute atomic E-state index is 0.136. The molecule has 3 rings (SSSR count). The molecule has 1 aliphatic rings. The predicted molar refractivity (Wildman–Crippen MR) is 93.3 cm³/mol. The average molecular weight is 367 g/mol. The molecule has 0 spiro atoms. The summed E-state index contributed by atoms with van der Waals surface area (Å²) in [5, 5.41) is 11.0. The van der Waals surface area contributed by atoms with E-state index in [9.17, 15) is 14.5 Å². The van der Waals surface area contributed by atoms with Crippen molar-refractivity contribution in [3.05, 3.63) is 51.4 Å². The first-order valence-corrected chi connectivity index (χ1v) is 8.01. The van der Waals surface area contributed by atoms with Crippen molar-refractivity contribution in [3.8, 4) is 5.75 Å². The molecule has 1 saturated heterocycles. The van der Waals surface area contributed by atoms with E-state index < -0.39 is 4.92 Å². The van der Waals surface area contributed by atoms with Crippen molar-refractivity contribution >= 4 is 28.8 Å². The molecule has 0 atom stereocenters. The molecule has 1 aromatic carbocycles. The Balaban J connectivity index is 1.73. The van der Waals surface area contributed by atoms with Gasteiger partial charge in [-0.2, -0.15) is 0 Å². The van der Waals surface area contributed by atoms with Gasteiger partial charge in [-0.3, -0.25) is 10.1 Å². The molecule has 2 heterocycles. The number of anilines is 2. The second-order valence-electron chi connectivity index (χ2n) is 5.55. The van der Waals surface area contributed by atoms with E-state index in [1.54, 1.807) is 6.07 Å². The molecule has 2 aromatic rings. The second kappa shape index (κ2) is 7.10. The fourth-order valence-corrected chi connectivity index (χ4v) is 3.11. The summed E-state index contributed by atoms with van der Waals surface area (Å²) in [6, 6.07) is 5.76. The lowest BCUT2D eigenvalue weighted by Crippen LogP contribution is -2.47. The number of hydrogen-bond donors (Lipinski definition) is 0. The van der Waals surface area contributed by atoms with E-state index in [4.69, 9.17) is 16.3 Å². The van der Waals surface area contributed by atoms with E-state index >= 15 is 0 Å². The number of nitro groups is 1. The van der Waals surface area contributed by atoms with Crippen LogP contribution in [0.15, 0.2) is 30.5 Å². The molecule has 0 N–H and O–H groups in total. The zero-order chi connectivity index (χ0) is 18.0. The van der Waals surface area contributed by atoms with Crippen LogP contribution in [0.3, 0.4) is 0 Å². The highest BCUT2D eigenvalue weighted by Crippen LogP contribution is 2.32. The van der Waals surface area contributed by atoms with Crippen LogP contribution >= 0.6 is 11.6 Å². The van der Waals surface area contributed by atoms with Gasteiger partial charge in [-0.05, 0) is 12.1 Å². The molecule has 0 radical (unpaired) electrons. The fourth-order valence-electron chi connectivity index (χ4n) is 2.83. The molecule has 7 nitrogen and oxygen atoms in total. The first-order chi connectivity index (χ1) is 12.0. The maximum atomic E-state index is 13.3. The Kier molecular flexibility index (Phi) is 4.89. The summed E-state index contributed by atoms with van der Waals surface area (Å²) in [6.07, 6.45) is 1.20. The van der Waals surface area contributed by atoms with Gasteiger partial charge in [-0.25, -0.2) is 9.37 Å². The minimum Gasteiger partial charge on any atom is -0.494 e. The van der Waals surface area contributed by atoms with Crippen molar-refractivity contribution in [2.45, 2.75) is 0 Å². The second-order valence-corrected chi connectivity index (χ2v) is 5.95. The van der Waals surface area contributed by atoms with Crippen LogP contribution in [0.5, 0.6) is 5.75 Å². The van der Waals surface area contributed by atoms with Gasteiger partial charge < -0.3 is 14.5 Å². The zero-order valence-electron chi connectivity index (χ0n) is 13.5. The summed E-state index contributed by atoms with van der Waals surface area (Å²) < 4.78 is 18.6. The van der Waals surface area contributed by atoms with Gasteiger partial charge >= 0.3 is 0 Å². The van der Waals surface area contributed by atoms with Crippen LogP contribution in [-0.2, 0) is 0 Å². The maximum absolute atomic E-state index is 13.3. The molecular formula is C16H16ClFN4O3. The molecule has 0 amide bonds. The number of pyridine rings is 1. The van der Waals surface area contributed by atoms with Crippen molar-refractivity contribution in [2.75, 3.05) is 43.1 Å². The third-order valence-electron chi connectivity index (χ3n) is 4.08. The number of halogens is 2. The van der Waals surface area contributed by atoms with E-state index in [2.05, 4.69) is 9.88 Å². The van der Waals surface area contributed by atoms with Crippen molar-refractivity contribution in [3.63, 3.8) is 0 Å². The monoisotopic (exact) mass is 366 g/mol. The highest BCUT2D eigenvalue weighted by atomic mass is 35.5. The number of nitrogens with zero attached hydrogens (tertiary/aromatic N) is 4. The number of hydrogen-bond acceptors (Lipinski definition) is 6. The number of rotatable bonds is 4. The summed E-state index contributed by atoms with van der Waals surface area (Å²) in [5.41, 5.74) is 0.690. The largest absolute Gasteiger partial charge is 0.494 e. The predicted octanol–water partition coefficient (Wildman–Crippen LogP) is 3.12. The van der Waals surface area contributed by atoms with E-state index in [0.29, 0.717) is 37.7 Å². The van der Waals surface area contributed by atoms with E-state index in [1.807, 2.05) is 4.90 Å². The average Bonchev–Trinajstić information content (AvgIpc) is 2.61. The number of aromatic nitrogens is 1. The van der Waals surface area contributed by atoms with Gasteiger partial charge in [-0.1, -0.05) is 11.6 Å². The van der Waals surface area contributed by atoms with Crippen LogP contribution in [-0.4, -0.2) is 43.2 Å². The first-order valence-electron chi connectivity index (χ1n) is 7.63. The Morgan fingerprint density at radius 3 is 2.52 bits per heavy atom. The number of methoxy groups -OCH3 is 1. The summed E-state index contributed by atoms with van der Waals surface area (Å²) in [7, 11) is 1.51. The van der Waals surface area contributed by atoms with E-state index in [0.717, 1.165) is 5.69 Å². The first kappa shape index (κ1) is 17.2. The van der Waals surface area contributed by atoms with Gasteiger partial charge in [0.15, 0.2) is 0 Å². The maximum Gasteiger partial charge on any atom is 0.289 e. The molecule has 132 valence electrons. The van der Waals surface area contributed by atoms with Crippen LogP contribution in [0.2, 0.25) is 5.02 Å². The molecule has 9 heteroatoms. The van der Waals surface area contributed by atoms with Crippen molar-refractivity contribution in [1.82, 2.24) is 4.98 Å². The van der Waals surface area contributed by atoms with Gasteiger partial charge in [0.2, 0.25) is 0 Å². The third kappa shape index (κ3) is 3.58. The van der Waals surface area contributed by atoms with Crippen molar-refractivity contribution < 1.29 is 14.1 Å². The zero-order valence-corrected chi connectivity index (χ0v) is 14.2. The molecule has 1 fully saturated rings. The van der Waals surface area contributed by atoms with Gasteiger partial charge in [0.25, 0.3) is 5.69 Å². The molecule has 0 unspecified atom stereocenters. The standard InChI is InChI=1S/C16H16ClFN4O3/c1-25-15-8-11(18)2-3-14(15)20-4-6-21(7-5-20)16-13(17)9-12(10-19-16)22(23)24/h2-3,8-10H,4-7H2,1H3. The van der Waals surface area contributed by atoms with Gasteiger partial charge in [-0.15, -0.1) is 0 Å². The normalized spacial score (nSPS) is 14.5. The lowest BCUT2D eigenvalue weighted by atomic mass is 10.2. The lowest BCUT2D eigenvalue weighted by Gasteiger charge is -2.37. The molecule has 0 bridgehead atoms. The Bertz CT molecular complexity index is 797. The van der Waals surface area contributed by atoms with Crippen LogP contribution in [0.25, 0.3) is 0 Å². The number of benzene rings is 1. The lowest BCUT2D eigenvalue weighted by molar-refractivity contribution is -0.385. The number of ether oxygens (including phenoxy) is 1. The molecule has 0 aliphatic carbocycles. The summed E-state index contributed by atoms with van der Waals surface area (Å²) in [4.78, 5) is 18.4. The van der Waals surface area contributed by atoms with Crippen molar-refractivity contribution in [1.29, 1.82) is 0 Å². The Morgan fingerprint density at radius 1 is 1.24 bits per heavy atom. The summed E-state index contributed by atoms with van der Waals surface area (Å²) >= 11 is 6.14.